The van der Waals surface area contributed by atoms with Crippen molar-refractivity contribution < 1.29 is 9.53 Å². The zero-order valence-corrected chi connectivity index (χ0v) is 16.5. The summed E-state index contributed by atoms with van der Waals surface area (Å²) in [6.07, 6.45) is 1.67. The molecule has 120 valence electrons. The molecule has 2 N–H and O–H groups in total. The van der Waals surface area contributed by atoms with Crippen molar-refractivity contribution in [3.8, 4) is 0 Å². The van der Waals surface area contributed by atoms with Gasteiger partial charge in [-0.25, -0.2) is 5.43 Å². The van der Waals surface area contributed by atoms with E-state index in [1.54, 1.807) is 6.21 Å². The highest BCUT2D eigenvalue weighted by Crippen LogP contribution is 2.25. The first-order chi connectivity index (χ1) is 10.6. The molecular weight excluding hydrogens is 510 g/mol. The molecular formula is C14H18I2N4O2. The van der Waals surface area contributed by atoms with Crippen LogP contribution in [0.4, 0.5) is 5.69 Å². The highest BCUT2D eigenvalue weighted by Gasteiger charge is 2.13. The molecule has 1 heterocycles. The van der Waals surface area contributed by atoms with Crippen LogP contribution < -0.4 is 10.7 Å². The van der Waals surface area contributed by atoms with Gasteiger partial charge in [-0.15, -0.1) is 0 Å². The Kier molecular flexibility index (Phi) is 7.31. The zero-order chi connectivity index (χ0) is 15.9. The van der Waals surface area contributed by atoms with Gasteiger partial charge in [0, 0.05) is 27.3 Å². The Labute approximate surface area is 157 Å². The molecule has 1 aromatic carbocycles. The van der Waals surface area contributed by atoms with Gasteiger partial charge in [-0.05, 0) is 62.9 Å². The number of hydrazone groups is 1. The maximum absolute atomic E-state index is 11.8. The molecule has 0 unspecified atom stereocenters. The Balaban J connectivity index is 1.87. The van der Waals surface area contributed by atoms with Gasteiger partial charge < -0.3 is 10.1 Å². The smallest absolute Gasteiger partial charge is 0.254 e. The van der Waals surface area contributed by atoms with Crippen LogP contribution in [-0.4, -0.2) is 56.9 Å². The first-order valence-electron chi connectivity index (χ1n) is 6.89. The minimum absolute atomic E-state index is 0.102. The fraction of sp³-hybridized carbons (Fsp3) is 0.429. The lowest BCUT2D eigenvalue weighted by molar-refractivity contribution is -0.123. The number of nitrogens with zero attached hydrogens (tertiary/aromatic N) is 2. The van der Waals surface area contributed by atoms with Crippen molar-refractivity contribution in [2.45, 2.75) is 0 Å². The first-order valence-corrected chi connectivity index (χ1v) is 9.04. The molecule has 0 aromatic heterocycles. The summed E-state index contributed by atoms with van der Waals surface area (Å²) in [6, 6.07) is 4.04. The Hall–Kier alpha value is -0.460. The lowest BCUT2D eigenvalue weighted by Gasteiger charge is -2.25. The summed E-state index contributed by atoms with van der Waals surface area (Å²) in [6.45, 7) is 3.31. The molecule has 0 saturated carbocycles. The summed E-state index contributed by atoms with van der Waals surface area (Å²) in [4.78, 5) is 13.9. The van der Waals surface area contributed by atoms with E-state index < -0.39 is 0 Å². The van der Waals surface area contributed by atoms with Crippen LogP contribution in [0.2, 0.25) is 0 Å². The van der Waals surface area contributed by atoms with Gasteiger partial charge in [0.1, 0.15) is 0 Å². The van der Waals surface area contributed by atoms with E-state index in [2.05, 4.69) is 65.9 Å². The quantitative estimate of drug-likeness (QED) is 0.348. The van der Waals surface area contributed by atoms with Gasteiger partial charge in [-0.1, -0.05) is 0 Å². The molecule has 2 rings (SSSR count). The summed E-state index contributed by atoms with van der Waals surface area (Å²) >= 11 is 4.56. The van der Waals surface area contributed by atoms with Gasteiger partial charge in [-0.3, -0.25) is 9.69 Å². The van der Waals surface area contributed by atoms with Gasteiger partial charge in [-0.2, -0.15) is 5.10 Å². The second-order valence-corrected chi connectivity index (χ2v) is 7.12. The van der Waals surface area contributed by atoms with Crippen LogP contribution in [0, 0.1) is 7.14 Å². The van der Waals surface area contributed by atoms with Crippen molar-refractivity contribution >= 4 is 63.0 Å². The molecule has 1 aliphatic rings. The standard InChI is InChI=1S/C14H18I2N4O2/c1-17-14-11(15)6-10(7-12(14)16)8-18-19-13(21)9-20-2-4-22-5-3-20/h6-8,17H,2-5,9H2,1H3,(H,19,21)/b18-8+. The second kappa shape index (κ2) is 8.99. The third-order valence-electron chi connectivity index (χ3n) is 3.19. The third-order valence-corrected chi connectivity index (χ3v) is 4.89. The molecule has 1 amide bonds. The normalized spacial score (nSPS) is 16.0. The summed E-state index contributed by atoms with van der Waals surface area (Å²) < 4.78 is 7.49. The van der Waals surface area contributed by atoms with E-state index in [0.29, 0.717) is 19.8 Å². The second-order valence-electron chi connectivity index (χ2n) is 4.79. The van der Waals surface area contributed by atoms with Gasteiger partial charge >= 0.3 is 0 Å². The van der Waals surface area contributed by atoms with Gasteiger partial charge in [0.15, 0.2) is 0 Å². The number of ether oxygens (including phenoxy) is 1. The lowest BCUT2D eigenvalue weighted by atomic mass is 10.2. The largest absolute Gasteiger partial charge is 0.386 e. The van der Waals surface area contributed by atoms with Crippen LogP contribution in [0.25, 0.3) is 0 Å². The summed E-state index contributed by atoms with van der Waals surface area (Å²) in [5, 5.41) is 7.20. The highest BCUT2D eigenvalue weighted by atomic mass is 127. The van der Waals surface area contributed by atoms with E-state index in [1.807, 2.05) is 19.2 Å². The average Bonchev–Trinajstić information content (AvgIpc) is 2.48. The summed E-state index contributed by atoms with van der Waals surface area (Å²) in [5.41, 5.74) is 4.64. The molecule has 0 atom stereocenters. The molecule has 0 radical (unpaired) electrons. The van der Waals surface area contributed by atoms with E-state index in [1.165, 1.54) is 0 Å². The zero-order valence-electron chi connectivity index (χ0n) is 12.2. The number of morpholine rings is 1. The lowest BCUT2D eigenvalue weighted by Crippen LogP contribution is -2.42. The van der Waals surface area contributed by atoms with E-state index in [-0.39, 0.29) is 5.91 Å². The van der Waals surface area contributed by atoms with Gasteiger partial charge in [0.2, 0.25) is 0 Å². The molecule has 0 bridgehead atoms. The predicted octanol–water partition coefficient (Wildman–Crippen LogP) is 1.72. The summed E-state index contributed by atoms with van der Waals surface area (Å²) in [7, 11) is 1.90. The number of benzene rings is 1. The highest BCUT2D eigenvalue weighted by molar-refractivity contribution is 14.1. The average molecular weight is 528 g/mol. The number of nitrogens with one attached hydrogen (secondary N) is 2. The van der Waals surface area contributed by atoms with Crippen LogP contribution in [0.15, 0.2) is 17.2 Å². The fourth-order valence-corrected chi connectivity index (χ4v) is 4.44. The van der Waals surface area contributed by atoms with Crippen LogP contribution in [0.1, 0.15) is 5.56 Å². The minimum Gasteiger partial charge on any atom is -0.386 e. The number of hydrogen-bond donors (Lipinski definition) is 2. The molecule has 8 heteroatoms. The van der Waals surface area contributed by atoms with Crippen LogP contribution in [0.5, 0.6) is 0 Å². The molecule has 0 spiro atoms. The van der Waals surface area contributed by atoms with Crippen LogP contribution in [-0.2, 0) is 9.53 Å². The number of anilines is 1. The number of hydrogen-bond acceptors (Lipinski definition) is 5. The predicted molar refractivity (Wildman–Crippen MR) is 104 cm³/mol. The van der Waals surface area contributed by atoms with Crippen molar-refractivity contribution in [3.05, 3.63) is 24.8 Å². The van der Waals surface area contributed by atoms with E-state index in [9.17, 15) is 4.79 Å². The number of amides is 1. The Morgan fingerprint density at radius 1 is 1.36 bits per heavy atom. The number of carbonyl (C=O) groups excluding carboxylic acids is 1. The number of carbonyl (C=O) groups is 1. The van der Waals surface area contributed by atoms with Crippen LogP contribution in [0.3, 0.4) is 0 Å². The Bertz CT molecular complexity index is 537. The van der Waals surface area contributed by atoms with Crippen molar-refractivity contribution in [2.24, 2.45) is 5.10 Å². The molecule has 1 aromatic rings. The van der Waals surface area contributed by atoms with E-state index in [0.717, 1.165) is 31.5 Å². The third kappa shape index (κ3) is 5.32. The number of halogens is 2. The van der Waals surface area contributed by atoms with Gasteiger partial charge in [0.25, 0.3) is 5.91 Å². The van der Waals surface area contributed by atoms with Crippen molar-refractivity contribution in [1.82, 2.24) is 10.3 Å². The van der Waals surface area contributed by atoms with E-state index in [4.69, 9.17) is 4.74 Å². The first kappa shape index (κ1) is 17.9. The molecule has 1 saturated heterocycles. The maximum atomic E-state index is 11.8. The van der Waals surface area contributed by atoms with Crippen molar-refractivity contribution in [2.75, 3.05) is 45.2 Å². The molecule has 6 nitrogen and oxygen atoms in total. The molecule has 1 aliphatic heterocycles. The van der Waals surface area contributed by atoms with Crippen molar-refractivity contribution in [1.29, 1.82) is 0 Å². The molecule has 0 aliphatic carbocycles. The fourth-order valence-electron chi connectivity index (χ4n) is 2.08. The Morgan fingerprint density at radius 3 is 2.59 bits per heavy atom. The SMILES string of the molecule is CNc1c(I)cc(/C=N/NC(=O)CN2CCOCC2)cc1I. The van der Waals surface area contributed by atoms with E-state index >= 15 is 0 Å². The number of rotatable bonds is 5. The van der Waals surface area contributed by atoms with Gasteiger partial charge in [0.05, 0.1) is 31.7 Å². The minimum atomic E-state index is -0.102. The van der Waals surface area contributed by atoms with Crippen LogP contribution >= 0.6 is 45.2 Å². The molecule has 22 heavy (non-hydrogen) atoms. The summed E-state index contributed by atoms with van der Waals surface area (Å²) in [5.74, 6) is -0.102. The maximum Gasteiger partial charge on any atom is 0.254 e. The molecule has 1 fully saturated rings. The van der Waals surface area contributed by atoms with Crippen molar-refractivity contribution in [3.63, 3.8) is 0 Å². The topological polar surface area (TPSA) is 66.0 Å². The Morgan fingerprint density at radius 2 is 2.00 bits per heavy atom. The monoisotopic (exact) mass is 528 g/mol.